The summed E-state index contributed by atoms with van der Waals surface area (Å²) in [5.74, 6) is 1.36. The van der Waals surface area contributed by atoms with E-state index in [2.05, 4.69) is 32.9 Å². The van der Waals surface area contributed by atoms with E-state index in [9.17, 15) is 5.11 Å². The van der Waals surface area contributed by atoms with Gasteiger partial charge in [0.05, 0.1) is 6.61 Å². The van der Waals surface area contributed by atoms with Crippen LogP contribution < -0.4 is 4.74 Å². The Morgan fingerprint density at radius 2 is 1.33 bits per heavy atom. The predicted octanol–water partition coefficient (Wildman–Crippen LogP) is 4.68. The van der Waals surface area contributed by atoms with Crippen LogP contribution in [-0.2, 0) is 0 Å². The molecule has 1 atom stereocenters. The van der Waals surface area contributed by atoms with Crippen LogP contribution in [0.2, 0.25) is 0 Å². The monoisotopic (exact) mass is 284 g/mol. The fourth-order valence-corrected chi connectivity index (χ4v) is 2.22. The fraction of sp³-hybridized carbons (Fsp3) is 0.368. The summed E-state index contributed by atoms with van der Waals surface area (Å²) in [5, 5.41) is 10.4. The van der Waals surface area contributed by atoms with Gasteiger partial charge in [-0.25, -0.2) is 0 Å². The van der Waals surface area contributed by atoms with Crippen LogP contribution in [0.1, 0.15) is 55.9 Å². The second-order valence-electron chi connectivity index (χ2n) is 5.64. The van der Waals surface area contributed by atoms with Gasteiger partial charge >= 0.3 is 0 Å². The zero-order valence-corrected chi connectivity index (χ0v) is 13.0. The number of aliphatic hydroxyl groups excluding tert-OH is 1. The van der Waals surface area contributed by atoms with Crippen molar-refractivity contribution < 1.29 is 9.84 Å². The number of benzene rings is 2. The molecule has 0 radical (unpaired) electrons. The number of hydrogen-bond acceptors (Lipinski definition) is 2. The van der Waals surface area contributed by atoms with E-state index >= 15 is 0 Å². The Morgan fingerprint density at radius 1 is 0.857 bits per heavy atom. The van der Waals surface area contributed by atoms with Crippen LogP contribution in [0.5, 0.6) is 5.75 Å². The molecule has 0 saturated carbocycles. The Hall–Kier alpha value is -1.80. The van der Waals surface area contributed by atoms with Gasteiger partial charge in [-0.05, 0) is 41.2 Å². The molecule has 0 aromatic heterocycles. The molecule has 0 fully saturated rings. The minimum absolute atomic E-state index is 0.506. The maximum atomic E-state index is 10.4. The van der Waals surface area contributed by atoms with Crippen LogP contribution in [0.15, 0.2) is 48.5 Å². The third-order valence-electron chi connectivity index (χ3n) is 3.59. The van der Waals surface area contributed by atoms with Crippen molar-refractivity contribution in [3.8, 4) is 5.75 Å². The summed E-state index contributed by atoms with van der Waals surface area (Å²) < 4.78 is 5.56. The summed E-state index contributed by atoms with van der Waals surface area (Å²) in [5.41, 5.74) is 3.09. The molecule has 112 valence electrons. The molecule has 0 amide bonds. The van der Waals surface area contributed by atoms with E-state index in [0.717, 1.165) is 29.9 Å². The van der Waals surface area contributed by atoms with E-state index < -0.39 is 6.10 Å². The smallest absolute Gasteiger partial charge is 0.119 e. The van der Waals surface area contributed by atoms with Gasteiger partial charge < -0.3 is 9.84 Å². The molecule has 0 aliphatic carbocycles. The number of aliphatic hydroxyl groups is 1. The first-order chi connectivity index (χ1) is 10.1. The summed E-state index contributed by atoms with van der Waals surface area (Å²) in [7, 11) is 0. The van der Waals surface area contributed by atoms with E-state index in [4.69, 9.17) is 4.74 Å². The molecule has 2 aromatic rings. The van der Waals surface area contributed by atoms with Gasteiger partial charge in [0.2, 0.25) is 0 Å². The summed E-state index contributed by atoms with van der Waals surface area (Å²) >= 11 is 0. The molecule has 2 rings (SSSR count). The molecule has 21 heavy (non-hydrogen) atoms. The molecule has 0 aliphatic rings. The zero-order chi connectivity index (χ0) is 15.2. The van der Waals surface area contributed by atoms with Crippen LogP contribution in [0, 0.1) is 0 Å². The van der Waals surface area contributed by atoms with Crippen molar-refractivity contribution in [1.82, 2.24) is 0 Å². The van der Waals surface area contributed by atoms with Gasteiger partial charge in [0.15, 0.2) is 0 Å². The van der Waals surface area contributed by atoms with Gasteiger partial charge in [-0.15, -0.1) is 0 Å². The van der Waals surface area contributed by atoms with Gasteiger partial charge in [-0.2, -0.15) is 0 Å². The lowest BCUT2D eigenvalue weighted by atomic mass is 9.97. The first-order valence-corrected chi connectivity index (χ1v) is 7.62. The molecule has 0 heterocycles. The summed E-state index contributed by atoms with van der Waals surface area (Å²) in [4.78, 5) is 0. The highest BCUT2D eigenvalue weighted by atomic mass is 16.5. The Bertz CT molecular complexity index is 541. The topological polar surface area (TPSA) is 29.5 Å². The minimum atomic E-state index is -0.591. The van der Waals surface area contributed by atoms with Crippen LogP contribution in [0.4, 0.5) is 0 Å². The highest BCUT2D eigenvalue weighted by Crippen LogP contribution is 2.25. The first kappa shape index (κ1) is 15.6. The van der Waals surface area contributed by atoms with Gasteiger partial charge in [0, 0.05) is 0 Å². The highest BCUT2D eigenvalue weighted by Gasteiger charge is 2.11. The van der Waals surface area contributed by atoms with Crippen LogP contribution in [-0.4, -0.2) is 11.7 Å². The van der Waals surface area contributed by atoms with E-state index in [1.807, 2.05) is 36.4 Å². The maximum absolute atomic E-state index is 10.4. The third kappa shape index (κ3) is 4.08. The molecular weight excluding hydrogens is 260 g/mol. The second-order valence-corrected chi connectivity index (χ2v) is 5.64. The largest absolute Gasteiger partial charge is 0.494 e. The Balaban J connectivity index is 2.10. The molecule has 0 saturated heterocycles. The molecule has 0 spiro atoms. The van der Waals surface area contributed by atoms with Gasteiger partial charge in [-0.1, -0.05) is 57.2 Å². The van der Waals surface area contributed by atoms with E-state index in [0.29, 0.717) is 5.92 Å². The molecule has 1 unspecified atom stereocenters. The molecule has 2 heteroatoms. The molecule has 2 nitrogen and oxygen atoms in total. The third-order valence-corrected chi connectivity index (χ3v) is 3.59. The normalized spacial score (nSPS) is 12.4. The summed E-state index contributed by atoms with van der Waals surface area (Å²) in [6.45, 7) is 7.14. The van der Waals surface area contributed by atoms with Crippen molar-refractivity contribution in [2.75, 3.05) is 6.61 Å². The standard InChI is InChI=1S/C19H24O2/c1-4-13-21-18-11-9-17(10-12-18)19(20)16-7-5-15(6-8-16)14(2)3/h5-12,14,19-20H,4,13H2,1-3H3. The minimum Gasteiger partial charge on any atom is -0.494 e. The lowest BCUT2D eigenvalue weighted by Crippen LogP contribution is -2.01. The fourth-order valence-electron chi connectivity index (χ4n) is 2.22. The van der Waals surface area contributed by atoms with Crippen molar-refractivity contribution in [3.63, 3.8) is 0 Å². The molecular formula is C19H24O2. The Kier molecular flexibility index (Phi) is 5.40. The lowest BCUT2D eigenvalue weighted by molar-refractivity contribution is 0.220. The van der Waals surface area contributed by atoms with E-state index in [-0.39, 0.29) is 0 Å². The average molecular weight is 284 g/mol. The summed E-state index contributed by atoms with van der Waals surface area (Å²) in [6, 6.07) is 15.8. The molecule has 0 bridgehead atoms. The van der Waals surface area contributed by atoms with Crippen molar-refractivity contribution in [3.05, 3.63) is 65.2 Å². The first-order valence-electron chi connectivity index (χ1n) is 7.62. The molecule has 1 N–H and O–H groups in total. The van der Waals surface area contributed by atoms with Crippen molar-refractivity contribution in [2.45, 2.75) is 39.2 Å². The second kappa shape index (κ2) is 7.28. The molecule has 2 aromatic carbocycles. The van der Waals surface area contributed by atoms with Gasteiger partial charge in [0.25, 0.3) is 0 Å². The lowest BCUT2D eigenvalue weighted by Gasteiger charge is -2.14. The SMILES string of the molecule is CCCOc1ccc(C(O)c2ccc(C(C)C)cc2)cc1. The number of ether oxygens (including phenoxy) is 1. The van der Waals surface area contributed by atoms with Gasteiger partial charge in [0.1, 0.15) is 11.9 Å². The van der Waals surface area contributed by atoms with Crippen molar-refractivity contribution in [1.29, 1.82) is 0 Å². The Morgan fingerprint density at radius 3 is 1.81 bits per heavy atom. The van der Waals surface area contributed by atoms with Crippen molar-refractivity contribution in [2.24, 2.45) is 0 Å². The highest BCUT2D eigenvalue weighted by molar-refractivity contribution is 5.35. The van der Waals surface area contributed by atoms with E-state index in [1.54, 1.807) is 0 Å². The summed E-state index contributed by atoms with van der Waals surface area (Å²) in [6.07, 6.45) is 0.401. The Labute approximate surface area is 127 Å². The number of hydrogen-bond donors (Lipinski definition) is 1. The van der Waals surface area contributed by atoms with Crippen LogP contribution >= 0.6 is 0 Å². The average Bonchev–Trinajstić information content (AvgIpc) is 2.53. The van der Waals surface area contributed by atoms with Crippen molar-refractivity contribution >= 4 is 0 Å². The zero-order valence-electron chi connectivity index (χ0n) is 13.0. The van der Waals surface area contributed by atoms with Gasteiger partial charge in [-0.3, -0.25) is 0 Å². The number of rotatable bonds is 6. The maximum Gasteiger partial charge on any atom is 0.119 e. The van der Waals surface area contributed by atoms with E-state index in [1.165, 1.54) is 5.56 Å². The van der Waals surface area contributed by atoms with Crippen LogP contribution in [0.25, 0.3) is 0 Å². The molecule has 0 aliphatic heterocycles. The van der Waals surface area contributed by atoms with Crippen LogP contribution in [0.3, 0.4) is 0 Å². The quantitative estimate of drug-likeness (QED) is 0.834. The predicted molar refractivity (Wildman–Crippen MR) is 86.8 cm³/mol.